The molecule has 0 radical (unpaired) electrons. The Balaban J connectivity index is 1.63. The van der Waals surface area contributed by atoms with Crippen LogP contribution in [0.25, 0.3) is 11.3 Å². The molecule has 1 aliphatic rings. The Kier molecular flexibility index (Phi) is 6.44. The fraction of sp³-hybridized carbons (Fsp3) is 0.292. The quantitative estimate of drug-likeness (QED) is 0.550. The van der Waals surface area contributed by atoms with Crippen LogP contribution in [-0.2, 0) is 0 Å². The molecule has 33 heavy (non-hydrogen) atoms. The Morgan fingerprint density at radius 1 is 1.03 bits per heavy atom. The van der Waals surface area contributed by atoms with E-state index < -0.39 is 46.8 Å². The molecule has 0 spiro atoms. The molecule has 3 N–H and O–H groups in total. The van der Waals surface area contributed by atoms with E-state index in [1.807, 2.05) is 6.92 Å². The molecule has 1 aromatic carbocycles. The van der Waals surface area contributed by atoms with Crippen LogP contribution in [0.1, 0.15) is 41.7 Å². The normalized spacial score (nSPS) is 22.7. The number of carbonyl (C=O) groups excluding carboxylic acids is 1. The summed E-state index contributed by atoms with van der Waals surface area (Å²) in [7, 11) is 0. The molecule has 0 unspecified atom stereocenters. The number of rotatable bonds is 4. The van der Waals surface area contributed by atoms with Crippen molar-refractivity contribution in [2.75, 3.05) is 5.32 Å². The van der Waals surface area contributed by atoms with E-state index in [-0.39, 0.29) is 17.5 Å². The zero-order valence-corrected chi connectivity index (χ0v) is 17.7. The second-order valence-corrected chi connectivity index (χ2v) is 8.24. The van der Waals surface area contributed by atoms with E-state index in [2.05, 4.69) is 15.3 Å². The number of aliphatic hydroxyl groups is 2. The third kappa shape index (κ3) is 4.60. The molecule has 1 amide bonds. The number of nitrogens with one attached hydrogen (secondary N) is 1. The number of aliphatic hydroxyl groups excluding tert-OH is 2. The summed E-state index contributed by atoms with van der Waals surface area (Å²) in [6.45, 7) is 1.84. The Hall–Kier alpha value is -3.30. The fourth-order valence-electron chi connectivity index (χ4n) is 4.27. The van der Waals surface area contributed by atoms with Crippen molar-refractivity contribution >= 4 is 11.6 Å². The number of nitrogens with zero attached hydrogens (tertiary/aromatic N) is 2. The molecule has 1 saturated carbocycles. The van der Waals surface area contributed by atoms with Crippen LogP contribution in [0.5, 0.6) is 0 Å². The summed E-state index contributed by atoms with van der Waals surface area (Å²) in [6, 6.07) is 6.86. The highest BCUT2D eigenvalue weighted by atomic mass is 19.1. The van der Waals surface area contributed by atoms with E-state index in [0.29, 0.717) is 18.5 Å². The van der Waals surface area contributed by atoms with Crippen molar-refractivity contribution in [2.24, 2.45) is 5.92 Å². The Labute approximate surface area is 188 Å². The number of amides is 1. The molecule has 3 aromatic rings. The molecule has 4 atom stereocenters. The van der Waals surface area contributed by atoms with Crippen LogP contribution in [0, 0.1) is 23.4 Å². The van der Waals surface area contributed by atoms with Crippen LogP contribution in [0.3, 0.4) is 0 Å². The minimum Gasteiger partial charge on any atom is -0.390 e. The van der Waals surface area contributed by atoms with Crippen LogP contribution in [-0.4, -0.2) is 38.3 Å². The zero-order chi connectivity index (χ0) is 23.7. The number of hydrogen-bond donors (Lipinski definition) is 3. The second kappa shape index (κ2) is 9.29. The van der Waals surface area contributed by atoms with Gasteiger partial charge in [0.15, 0.2) is 0 Å². The largest absolute Gasteiger partial charge is 0.390 e. The maximum Gasteiger partial charge on any atom is 0.274 e. The van der Waals surface area contributed by atoms with Crippen LogP contribution in [0.4, 0.5) is 18.9 Å². The van der Waals surface area contributed by atoms with Gasteiger partial charge in [0.25, 0.3) is 5.91 Å². The molecule has 9 heteroatoms. The number of halogens is 3. The van der Waals surface area contributed by atoms with Crippen molar-refractivity contribution in [3.63, 3.8) is 0 Å². The van der Waals surface area contributed by atoms with E-state index in [9.17, 15) is 28.2 Å². The molecule has 172 valence electrons. The predicted molar refractivity (Wildman–Crippen MR) is 115 cm³/mol. The van der Waals surface area contributed by atoms with Gasteiger partial charge in [-0.2, -0.15) is 0 Å². The molecular formula is C24H22F3N3O3. The smallest absolute Gasteiger partial charge is 0.274 e. The molecule has 2 heterocycles. The van der Waals surface area contributed by atoms with E-state index in [1.165, 1.54) is 6.20 Å². The second-order valence-electron chi connectivity index (χ2n) is 8.24. The Morgan fingerprint density at radius 2 is 1.76 bits per heavy atom. The average molecular weight is 457 g/mol. The van der Waals surface area contributed by atoms with Crippen LogP contribution in [0.15, 0.2) is 48.8 Å². The number of anilines is 1. The van der Waals surface area contributed by atoms with Gasteiger partial charge < -0.3 is 15.5 Å². The van der Waals surface area contributed by atoms with Crippen molar-refractivity contribution < 1.29 is 28.2 Å². The van der Waals surface area contributed by atoms with Gasteiger partial charge in [0.2, 0.25) is 0 Å². The van der Waals surface area contributed by atoms with Crippen molar-refractivity contribution in [1.82, 2.24) is 9.97 Å². The fourth-order valence-corrected chi connectivity index (χ4v) is 4.27. The van der Waals surface area contributed by atoms with Gasteiger partial charge >= 0.3 is 0 Å². The molecule has 0 aliphatic heterocycles. The van der Waals surface area contributed by atoms with Gasteiger partial charge in [-0.15, -0.1) is 0 Å². The number of carbonyl (C=O) groups is 1. The molecule has 1 aliphatic carbocycles. The Morgan fingerprint density at radius 3 is 2.45 bits per heavy atom. The first-order chi connectivity index (χ1) is 15.8. The lowest BCUT2D eigenvalue weighted by molar-refractivity contribution is -0.0456. The SMILES string of the molecule is C[C@H]1C[C@@H](c2ccncc2NC(=O)c2ccc(F)c(-c3c(F)cccc3F)n2)C[C@@H](O)[C@@H]1O. The molecule has 0 bridgehead atoms. The predicted octanol–water partition coefficient (Wildman–Crippen LogP) is 4.05. The van der Waals surface area contributed by atoms with Crippen molar-refractivity contribution in [2.45, 2.75) is 37.9 Å². The maximum absolute atomic E-state index is 14.3. The highest BCUT2D eigenvalue weighted by molar-refractivity contribution is 6.03. The lowest BCUT2D eigenvalue weighted by atomic mass is 9.75. The van der Waals surface area contributed by atoms with E-state index >= 15 is 0 Å². The summed E-state index contributed by atoms with van der Waals surface area (Å²) < 4.78 is 42.6. The van der Waals surface area contributed by atoms with Gasteiger partial charge in [0.05, 0.1) is 29.7 Å². The molecule has 0 saturated heterocycles. The number of pyridine rings is 2. The average Bonchev–Trinajstić information content (AvgIpc) is 2.78. The summed E-state index contributed by atoms with van der Waals surface area (Å²) in [6.07, 6.45) is 2.19. The van der Waals surface area contributed by atoms with Gasteiger partial charge in [-0.05, 0) is 60.6 Å². The van der Waals surface area contributed by atoms with Crippen molar-refractivity contribution in [1.29, 1.82) is 0 Å². The lowest BCUT2D eigenvalue weighted by Gasteiger charge is -2.35. The highest BCUT2D eigenvalue weighted by Gasteiger charge is 2.35. The molecule has 4 rings (SSSR count). The monoisotopic (exact) mass is 457 g/mol. The van der Waals surface area contributed by atoms with Gasteiger partial charge in [0, 0.05) is 6.20 Å². The number of aromatic nitrogens is 2. The topological polar surface area (TPSA) is 95.3 Å². The van der Waals surface area contributed by atoms with Crippen LogP contribution in [0.2, 0.25) is 0 Å². The Bertz CT molecular complexity index is 1160. The van der Waals surface area contributed by atoms with Crippen LogP contribution >= 0.6 is 0 Å². The molecular weight excluding hydrogens is 435 g/mol. The number of benzene rings is 1. The number of hydrogen-bond acceptors (Lipinski definition) is 5. The minimum atomic E-state index is -0.999. The summed E-state index contributed by atoms with van der Waals surface area (Å²) in [4.78, 5) is 20.8. The first-order valence-corrected chi connectivity index (χ1v) is 10.5. The third-order valence-corrected chi connectivity index (χ3v) is 5.98. The standard InChI is InChI=1S/C24H22F3N3O3/c1-12-9-13(10-20(31)23(12)32)14-7-8-28-11-19(14)30-24(33)18-6-5-17(27)22(29-18)21-15(25)3-2-4-16(21)26/h2-8,11-13,20,23,31-32H,9-10H2,1H3,(H,30,33)/t12-,13+,20+,23+/m0/s1. The zero-order valence-electron chi connectivity index (χ0n) is 17.7. The summed E-state index contributed by atoms with van der Waals surface area (Å²) in [5.74, 6) is -3.97. The van der Waals surface area contributed by atoms with Gasteiger partial charge in [-0.25, -0.2) is 18.2 Å². The summed E-state index contributed by atoms with van der Waals surface area (Å²) in [5, 5.41) is 22.9. The molecule has 2 aromatic heterocycles. The van der Waals surface area contributed by atoms with Gasteiger partial charge in [-0.3, -0.25) is 9.78 Å². The van der Waals surface area contributed by atoms with Gasteiger partial charge in [-0.1, -0.05) is 13.0 Å². The van der Waals surface area contributed by atoms with Crippen LogP contribution < -0.4 is 5.32 Å². The molecule has 6 nitrogen and oxygen atoms in total. The van der Waals surface area contributed by atoms with E-state index in [0.717, 1.165) is 35.9 Å². The first kappa shape index (κ1) is 22.9. The maximum atomic E-state index is 14.3. The van der Waals surface area contributed by atoms with Crippen molar-refractivity contribution in [3.8, 4) is 11.3 Å². The minimum absolute atomic E-state index is 0.138. The summed E-state index contributed by atoms with van der Waals surface area (Å²) in [5.41, 5.74) is -0.415. The van der Waals surface area contributed by atoms with Crippen molar-refractivity contribution in [3.05, 3.63) is 77.5 Å². The molecule has 1 fully saturated rings. The van der Waals surface area contributed by atoms with Gasteiger partial charge in [0.1, 0.15) is 28.8 Å². The lowest BCUT2D eigenvalue weighted by Crippen LogP contribution is -2.39. The third-order valence-electron chi connectivity index (χ3n) is 5.98. The van der Waals surface area contributed by atoms with E-state index in [1.54, 1.807) is 12.3 Å². The van der Waals surface area contributed by atoms with E-state index in [4.69, 9.17) is 0 Å². The first-order valence-electron chi connectivity index (χ1n) is 10.5. The highest BCUT2D eigenvalue weighted by Crippen LogP contribution is 2.39. The summed E-state index contributed by atoms with van der Waals surface area (Å²) >= 11 is 0.